The van der Waals surface area contributed by atoms with E-state index in [-0.39, 0.29) is 46.8 Å². The van der Waals surface area contributed by atoms with Crippen LogP contribution in [0.1, 0.15) is 53.6 Å². The van der Waals surface area contributed by atoms with Crippen LogP contribution in [0.3, 0.4) is 0 Å². The molecule has 3 aromatic carbocycles. The molecule has 5 nitrogen and oxygen atoms in total. The fraction of sp³-hybridized carbons (Fsp3) is 0.294. The Hall–Kier alpha value is -4.24. The molecule has 0 unspecified atom stereocenters. The minimum atomic E-state index is -1.06. The normalized spacial score (nSPS) is 19.5. The first-order valence-electron chi connectivity index (χ1n) is 14.4. The average Bonchev–Trinajstić information content (AvgIpc) is 3.00. The molecule has 2 fully saturated rings. The van der Waals surface area contributed by atoms with Gasteiger partial charge in [-0.2, -0.15) is 0 Å². The van der Waals surface area contributed by atoms with Gasteiger partial charge in [-0.1, -0.05) is 24.6 Å². The van der Waals surface area contributed by atoms with Crippen molar-refractivity contribution in [1.82, 2.24) is 10.2 Å². The van der Waals surface area contributed by atoms with Crippen molar-refractivity contribution in [2.24, 2.45) is 0 Å². The zero-order valence-electron chi connectivity index (χ0n) is 23.6. The van der Waals surface area contributed by atoms with E-state index in [1.54, 1.807) is 24.3 Å². The van der Waals surface area contributed by atoms with Crippen molar-refractivity contribution in [3.8, 4) is 5.75 Å². The number of likely N-dealkylation sites (tertiary alicyclic amines) is 1. The maximum Gasteiger partial charge on any atom is 0.251 e. The number of ether oxygens (including phenoxy) is 1. The Bertz CT molecular complexity index is 1490. The minimum absolute atomic E-state index is 0.130. The number of rotatable bonds is 8. The molecule has 1 aliphatic heterocycles. The fourth-order valence-corrected chi connectivity index (χ4v) is 5.42. The quantitative estimate of drug-likeness (QED) is 0.233. The van der Waals surface area contributed by atoms with Crippen molar-refractivity contribution in [2.45, 2.75) is 38.1 Å². The lowest BCUT2D eigenvalue weighted by Gasteiger charge is -2.27. The van der Waals surface area contributed by atoms with Gasteiger partial charge in [-0.25, -0.2) is 17.6 Å². The van der Waals surface area contributed by atoms with Crippen molar-refractivity contribution < 1.29 is 31.9 Å². The lowest BCUT2D eigenvalue weighted by molar-refractivity contribution is -0.113. The second kappa shape index (κ2) is 13.8. The molecule has 0 radical (unpaired) electrons. The van der Waals surface area contributed by atoms with E-state index in [2.05, 4.69) is 10.2 Å². The summed E-state index contributed by atoms with van der Waals surface area (Å²) >= 11 is 0. The number of amides is 1. The van der Waals surface area contributed by atoms with Gasteiger partial charge < -0.3 is 10.1 Å². The van der Waals surface area contributed by atoms with Gasteiger partial charge in [-0.05, 0) is 105 Å². The van der Waals surface area contributed by atoms with E-state index < -0.39 is 29.3 Å². The van der Waals surface area contributed by atoms with Crippen LogP contribution in [-0.4, -0.2) is 48.9 Å². The molecule has 1 heterocycles. The van der Waals surface area contributed by atoms with Crippen molar-refractivity contribution in [1.29, 1.82) is 0 Å². The number of piperidine rings is 1. The van der Waals surface area contributed by atoms with Gasteiger partial charge in [0.2, 0.25) is 0 Å². The predicted octanol–water partition coefficient (Wildman–Crippen LogP) is 6.74. The minimum Gasteiger partial charge on any atom is -0.492 e. The van der Waals surface area contributed by atoms with E-state index in [0.717, 1.165) is 43.9 Å². The number of halogens is 4. The highest BCUT2D eigenvalue weighted by atomic mass is 19.2. The Morgan fingerprint density at radius 1 is 0.814 bits per heavy atom. The summed E-state index contributed by atoms with van der Waals surface area (Å²) in [6.45, 7) is 3.45. The molecule has 1 aliphatic carbocycles. The van der Waals surface area contributed by atoms with E-state index in [4.69, 9.17) is 4.74 Å². The Balaban J connectivity index is 1.33. The number of hydrogen-bond acceptors (Lipinski definition) is 4. The molecule has 1 saturated carbocycles. The van der Waals surface area contributed by atoms with Gasteiger partial charge in [0.25, 0.3) is 5.91 Å². The third-order valence-corrected chi connectivity index (χ3v) is 7.64. The van der Waals surface area contributed by atoms with E-state index in [1.807, 2.05) is 0 Å². The molecule has 0 aromatic heterocycles. The third-order valence-electron chi connectivity index (χ3n) is 7.64. The van der Waals surface area contributed by atoms with Gasteiger partial charge in [-0.3, -0.25) is 14.5 Å². The molecule has 3 aromatic rings. The highest BCUT2D eigenvalue weighted by Crippen LogP contribution is 2.30. The van der Waals surface area contributed by atoms with Crippen molar-refractivity contribution in [2.75, 3.05) is 26.2 Å². The highest BCUT2D eigenvalue weighted by Gasteiger charge is 2.29. The number of carbonyl (C=O) groups is 2. The number of nitrogens with zero attached hydrogens (tertiary/aromatic N) is 1. The van der Waals surface area contributed by atoms with E-state index >= 15 is 0 Å². The summed E-state index contributed by atoms with van der Waals surface area (Å²) in [5, 5.41) is 2.96. The smallest absolute Gasteiger partial charge is 0.251 e. The summed E-state index contributed by atoms with van der Waals surface area (Å²) in [6.07, 6.45) is 6.79. The van der Waals surface area contributed by atoms with Gasteiger partial charge in [0.05, 0.1) is 0 Å². The number of nitrogens with one attached hydrogen (secondary N) is 1. The number of Topliss-reactive ketones (excluding diaryl/α,β-unsaturated/α-hetero) is 1. The van der Waals surface area contributed by atoms with Gasteiger partial charge in [0.1, 0.15) is 12.4 Å². The van der Waals surface area contributed by atoms with E-state index in [0.29, 0.717) is 17.9 Å². The van der Waals surface area contributed by atoms with Crippen LogP contribution in [0.15, 0.2) is 71.8 Å². The summed E-state index contributed by atoms with van der Waals surface area (Å²) in [5.74, 6) is -4.33. The van der Waals surface area contributed by atoms with Gasteiger partial charge in [0, 0.05) is 29.3 Å². The zero-order chi connectivity index (χ0) is 30.3. The van der Waals surface area contributed by atoms with E-state index in [1.165, 1.54) is 43.5 Å². The molecule has 0 atom stereocenters. The van der Waals surface area contributed by atoms with Crippen LogP contribution in [0.4, 0.5) is 17.6 Å². The summed E-state index contributed by atoms with van der Waals surface area (Å²) in [6, 6.07) is 12.9. The molecule has 43 heavy (non-hydrogen) atoms. The molecule has 0 spiro atoms. The van der Waals surface area contributed by atoms with Crippen molar-refractivity contribution in [3.05, 3.63) is 112 Å². The van der Waals surface area contributed by atoms with E-state index in [9.17, 15) is 27.2 Å². The van der Waals surface area contributed by atoms with Crippen LogP contribution in [0.5, 0.6) is 5.75 Å². The largest absolute Gasteiger partial charge is 0.492 e. The Kier molecular flexibility index (Phi) is 9.72. The topological polar surface area (TPSA) is 58.6 Å². The lowest BCUT2D eigenvalue weighted by Crippen LogP contribution is -2.39. The zero-order valence-corrected chi connectivity index (χ0v) is 23.6. The van der Waals surface area contributed by atoms with Crippen LogP contribution >= 0.6 is 0 Å². The SMILES string of the molecule is O=C1/C(=C/c2ccc(F)c(F)c2)CC(NC(=O)c2cccc(OCCN3CCCCC3)c2)C/C1=C\c1ccc(F)c(F)c1. The van der Waals surface area contributed by atoms with Crippen LogP contribution < -0.4 is 10.1 Å². The second-order valence-electron chi connectivity index (χ2n) is 10.9. The summed E-state index contributed by atoms with van der Waals surface area (Å²) in [7, 11) is 0. The van der Waals surface area contributed by atoms with Crippen molar-refractivity contribution >= 4 is 23.8 Å². The van der Waals surface area contributed by atoms with Crippen molar-refractivity contribution in [3.63, 3.8) is 0 Å². The molecule has 2 aliphatic rings. The Morgan fingerprint density at radius 2 is 1.42 bits per heavy atom. The molecule has 1 amide bonds. The predicted molar refractivity (Wildman–Crippen MR) is 156 cm³/mol. The molecule has 224 valence electrons. The summed E-state index contributed by atoms with van der Waals surface area (Å²) < 4.78 is 60.6. The van der Waals surface area contributed by atoms with Crippen LogP contribution in [0, 0.1) is 23.3 Å². The maximum atomic E-state index is 13.9. The molecule has 1 N–H and O–H groups in total. The number of hydrogen-bond donors (Lipinski definition) is 1. The first-order valence-corrected chi connectivity index (χ1v) is 14.4. The summed E-state index contributed by atoms with van der Waals surface area (Å²) in [5.41, 5.74) is 1.44. The molecule has 5 rings (SSSR count). The van der Waals surface area contributed by atoms with Gasteiger partial charge in [-0.15, -0.1) is 0 Å². The van der Waals surface area contributed by atoms with Crippen LogP contribution in [0.25, 0.3) is 12.2 Å². The number of carbonyl (C=O) groups excluding carboxylic acids is 2. The number of benzene rings is 3. The first-order chi connectivity index (χ1) is 20.7. The first kappa shape index (κ1) is 30.2. The van der Waals surface area contributed by atoms with Gasteiger partial charge in [0.15, 0.2) is 29.1 Å². The molecular weight excluding hydrogens is 560 g/mol. The second-order valence-corrected chi connectivity index (χ2v) is 10.9. The molecule has 9 heteroatoms. The average molecular weight is 593 g/mol. The van der Waals surface area contributed by atoms with Crippen LogP contribution in [-0.2, 0) is 4.79 Å². The standard InChI is InChI=1S/C34H32F4N2O3/c35-29-9-7-22(17-31(29)37)15-25-19-27(20-26(33(25)41)16-23-8-10-30(36)32(38)18-23)39-34(42)24-5-4-6-28(21-24)43-14-13-40-11-2-1-3-12-40/h4-10,15-18,21,27H,1-3,11-14,19-20H2,(H,39,42)/b25-15+,26-16+. The fourth-order valence-electron chi connectivity index (χ4n) is 5.42. The third kappa shape index (κ3) is 7.99. The lowest BCUT2D eigenvalue weighted by atomic mass is 9.83. The number of ketones is 1. The highest BCUT2D eigenvalue weighted by molar-refractivity contribution is 6.14. The Morgan fingerprint density at radius 3 is 2.00 bits per heavy atom. The maximum absolute atomic E-state index is 13.9. The van der Waals surface area contributed by atoms with Gasteiger partial charge >= 0.3 is 0 Å². The van der Waals surface area contributed by atoms with Crippen LogP contribution in [0.2, 0.25) is 0 Å². The molecular formula is C34H32F4N2O3. The Labute approximate surface area is 247 Å². The summed E-state index contributed by atoms with van der Waals surface area (Å²) in [4.78, 5) is 29.0. The molecule has 1 saturated heterocycles. The monoisotopic (exact) mass is 592 g/mol. The molecule has 0 bridgehead atoms.